The lowest BCUT2D eigenvalue weighted by atomic mass is 10.1. The number of aromatic nitrogens is 3. The quantitative estimate of drug-likeness (QED) is 0.529. The van der Waals surface area contributed by atoms with E-state index in [0.29, 0.717) is 6.42 Å². The maximum Gasteiger partial charge on any atom is 0.416 e. The molecule has 3 aromatic rings. The molecule has 1 N–H and O–H groups in total. The van der Waals surface area contributed by atoms with Crippen LogP contribution in [0.5, 0.6) is 5.75 Å². The molecule has 1 heterocycles. The normalized spacial score (nSPS) is 12.0. The SMILES string of the molecule is CC=CC(=O)OCCc1ccc(O)c(-n2nc3ccc(C(F)(F)F)cc3n2)c1. The lowest BCUT2D eigenvalue weighted by molar-refractivity contribution is -0.138. The number of ether oxygens (including phenoxy) is 1. The van der Waals surface area contributed by atoms with Gasteiger partial charge in [-0.1, -0.05) is 12.1 Å². The second kappa shape index (κ2) is 7.71. The number of phenolic OH excluding ortho intramolecular Hbond substituents is 1. The van der Waals surface area contributed by atoms with Gasteiger partial charge in [0.15, 0.2) is 0 Å². The average Bonchev–Trinajstić information content (AvgIpc) is 3.05. The molecule has 6 nitrogen and oxygen atoms in total. The Bertz CT molecular complexity index is 1040. The van der Waals surface area contributed by atoms with Crippen molar-refractivity contribution < 1.29 is 27.8 Å². The minimum Gasteiger partial charge on any atom is -0.506 e. The molecular formula is C19H16F3N3O3. The summed E-state index contributed by atoms with van der Waals surface area (Å²) in [6.07, 6.45) is -1.23. The van der Waals surface area contributed by atoms with Gasteiger partial charge in [0.1, 0.15) is 22.5 Å². The van der Waals surface area contributed by atoms with Crippen molar-refractivity contribution >= 4 is 17.0 Å². The van der Waals surface area contributed by atoms with Crippen LogP contribution < -0.4 is 0 Å². The number of halogens is 3. The second-order valence-corrected chi connectivity index (χ2v) is 5.93. The first-order chi connectivity index (χ1) is 13.3. The third-order valence-electron chi connectivity index (χ3n) is 3.90. The number of hydrogen-bond donors (Lipinski definition) is 1. The van der Waals surface area contributed by atoms with Gasteiger partial charge in [0, 0.05) is 12.5 Å². The number of phenols is 1. The first-order valence-corrected chi connectivity index (χ1v) is 8.34. The highest BCUT2D eigenvalue weighted by atomic mass is 19.4. The van der Waals surface area contributed by atoms with Crippen molar-refractivity contribution in [1.82, 2.24) is 15.0 Å². The molecule has 0 atom stereocenters. The monoisotopic (exact) mass is 391 g/mol. The highest BCUT2D eigenvalue weighted by Gasteiger charge is 2.31. The molecule has 0 aliphatic rings. The number of hydrogen-bond acceptors (Lipinski definition) is 5. The molecule has 0 radical (unpaired) electrons. The minimum absolute atomic E-state index is 0.0555. The van der Waals surface area contributed by atoms with Crippen molar-refractivity contribution in [3.05, 3.63) is 59.7 Å². The van der Waals surface area contributed by atoms with E-state index in [9.17, 15) is 23.1 Å². The first-order valence-electron chi connectivity index (χ1n) is 8.34. The van der Waals surface area contributed by atoms with E-state index in [0.717, 1.165) is 22.5 Å². The lowest BCUT2D eigenvalue weighted by Crippen LogP contribution is -2.06. The summed E-state index contributed by atoms with van der Waals surface area (Å²) in [5.41, 5.74) is 0.436. The van der Waals surface area contributed by atoms with Crippen LogP contribution in [0.2, 0.25) is 0 Å². The number of carbonyl (C=O) groups is 1. The van der Waals surface area contributed by atoms with E-state index in [1.54, 1.807) is 25.1 Å². The van der Waals surface area contributed by atoms with Crippen molar-refractivity contribution in [2.24, 2.45) is 0 Å². The highest BCUT2D eigenvalue weighted by Crippen LogP contribution is 2.31. The summed E-state index contributed by atoms with van der Waals surface area (Å²) in [7, 11) is 0. The molecule has 0 amide bonds. The van der Waals surface area contributed by atoms with Crippen molar-refractivity contribution in [3.63, 3.8) is 0 Å². The largest absolute Gasteiger partial charge is 0.506 e. The number of alkyl halides is 3. The Morgan fingerprint density at radius 2 is 1.93 bits per heavy atom. The number of rotatable bonds is 5. The molecule has 146 valence electrons. The van der Waals surface area contributed by atoms with E-state index in [-0.39, 0.29) is 29.1 Å². The summed E-state index contributed by atoms with van der Waals surface area (Å²) in [4.78, 5) is 12.4. The molecule has 0 saturated heterocycles. The van der Waals surface area contributed by atoms with Crippen molar-refractivity contribution in [2.45, 2.75) is 19.5 Å². The summed E-state index contributed by atoms with van der Waals surface area (Å²) >= 11 is 0. The maximum atomic E-state index is 12.9. The van der Waals surface area contributed by atoms with Crippen LogP contribution in [0.15, 0.2) is 48.6 Å². The molecule has 0 aliphatic heterocycles. The Balaban J connectivity index is 1.85. The van der Waals surface area contributed by atoms with Crippen LogP contribution in [0.25, 0.3) is 16.7 Å². The maximum absolute atomic E-state index is 12.9. The van der Waals surface area contributed by atoms with Crippen LogP contribution in [0.3, 0.4) is 0 Å². The van der Waals surface area contributed by atoms with Gasteiger partial charge in [-0.15, -0.1) is 15.0 Å². The fraction of sp³-hybridized carbons (Fsp3) is 0.211. The molecule has 0 saturated carbocycles. The topological polar surface area (TPSA) is 77.2 Å². The van der Waals surface area contributed by atoms with Crippen LogP contribution in [-0.2, 0) is 22.1 Å². The Morgan fingerprint density at radius 3 is 2.64 bits per heavy atom. The molecule has 0 aliphatic carbocycles. The van der Waals surface area contributed by atoms with Crippen LogP contribution >= 0.6 is 0 Å². The lowest BCUT2D eigenvalue weighted by Gasteiger charge is -2.07. The van der Waals surface area contributed by atoms with Gasteiger partial charge >= 0.3 is 12.1 Å². The van der Waals surface area contributed by atoms with E-state index in [2.05, 4.69) is 10.2 Å². The van der Waals surface area contributed by atoms with E-state index in [4.69, 9.17) is 4.74 Å². The van der Waals surface area contributed by atoms with Crippen molar-refractivity contribution in [1.29, 1.82) is 0 Å². The standard InChI is InChI=1S/C19H16F3N3O3/c1-2-3-18(27)28-9-8-12-4-7-17(26)16(10-12)25-23-14-6-5-13(19(20,21)22)11-15(14)24-25/h2-7,10-11,26H,8-9H2,1H3. The fourth-order valence-corrected chi connectivity index (χ4v) is 2.54. The van der Waals surface area contributed by atoms with Crippen LogP contribution in [0.1, 0.15) is 18.1 Å². The number of carbonyl (C=O) groups excluding carboxylic acids is 1. The van der Waals surface area contributed by atoms with Gasteiger partial charge in [-0.3, -0.25) is 0 Å². The zero-order chi connectivity index (χ0) is 20.3. The molecule has 0 unspecified atom stereocenters. The van der Waals surface area contributed by atoms with Crippen LogP contribution in [-0.4, -0.2) is 32.7 Å². The van der Waals surface area contributed by atoms with Gasteiger partial charge in [0.25, 0.3) is 0 Å². The zero-order valence-electron chi connectivity index (χ0n) is 14.8. The summed E-state index contributed by atoms with van der Waals surface area (Å²) in [5.74, 6) is -0.590. The van der Waals surface area contributed by atoms with Gasteiger partial charge in [-0.2, -0.15) is 13.2 Å². The predicted molar refractivity (Wildman–Crippen MR) is 95.0 cm³/mol. The van der Waals surface area contributed by atoms with Gasteiger partial charge in [-0.25, -0.2) is 4.79 Å². The van der Waals surface area contributed by atoms with Crippen molar-refractivity contribution in [3.8, 4) is 11.4 Å². The van der Waals surface area contributed by atoms with E-state index < -0.39 is 17.7 Å². The van der Waals surface area contributed by atoms with Crippen LogP contribution in [0, 0.1) is 0 Å². The molecule has 0 fully saturated rings. The fourth-order valence-electron chi connectivity index (χ4n) is 2.54. The molecule has 9 heteroatoms. The van der Waals surface area contributed by atoms with Gasteiger partial charge in [0.2, 0.25) is 0 Å². The highest BCUT2D eigenvalue weighted by molar-refractivity contribution is 5.81. The third-order valence-corrected chi connectivity index (χ3v) is 3.90. The Labute approximate surface area is 157 Å². The predicted octanol–water partition coefficient (Wildman–Crippen LogP) is 3.81. The molecule has 2 aromatic carbocycles. The van der Waals surface area contributed by atoms with Crippen LogP contribution in [0.4, 0.5) is 13.2 Å². The number of fused-ring (bicyclic) bond motifs is 1. The smallest absolute Gasteiger partial charge is 0.416 e. The molecule has 0 spiro atoms. The summed E-state index contributed by atoms with van der Waals surface area (Å²) < 4.78 is 43.6. The van der Waals surface area contributed by atoms with Gasteiger partial charge < -0.3 is 9.84 Å². The van der Waals surface area contributed by atoms with E-state index >= 15 is 0 Å². The number of aromatic hydroxyl groups is 1. The Morgan fingerprint density at radius 1 is 1.18 bits per heavy atom. The molecule has 28 heavy (non-hydrogen) atoms. The van der Waals surface area contributed by atoms with E-state index in [1.165, 1.54) is 18.2 Å². The summed E-state index contributed by atoms with van der Waals surface area (Å²) in [6, 6.07) is 7.71. The zero-order valence-corrected chi connectivity index (χ0v) is 14.8. The number of esters is 1. The number of allylic oxidation sites excluding steroid dienone is 1. The van der Waals surface area contributed by atoms with Gasteiger partial charge in [-0.05, 0) is 42.8 Å². The molecule has 1 aromatic heterocycles. The summed E-state index contributed by atoms with van der Waals surface area (Å²) in [5, 5.41) is 18.3. The Hall–Kier alpha value is -3.36. The van der Waals surface area contributed by atoms with Crippen molar-refractivity contribution in [2.75, 3.05) is 6.61 Å². The van der Waals surface area contributed by atoms with Gasteiger partial charge in [0.05, 0.1) is 12.2 Å². The second-order valence-electron chi connectivity index (χ2n) is 5.93. The molecular weight excluding hydrogens is 375 g/mol. The summed E-state index contributed by atoms with van der Waals surface area (Å²) in [6.45, 7) is 1.84. The number of nitrogens with zero attached hydrogens (tertiary/aromatic N) is 3. The molecule has 3 rings (SSSR count). The third kappa shape index (κ3) is 4.30. The molecule has 0 bridgehead atoms. The van der Waals surface area contributed by atoms with E-state index in [1.807, 2.05) is 0 Å². The number of benzene rings is 2. The Kier molecular flexibility index (Phi) is 5.34. The average molecular weight is 391 g/mol. The minimum atomic E-state index is -4.48. The first kappa shape index (κ1) is 19.4.